The average Bonchev–Trinajstić information content (AvgIpc) is 2.41. The first-order valence-electron chi connectivity index (χ1n) is 8.25. The number of likely N-dealkylation sites (N-methyl/N-ethyl adjacent to an activating group) is 2. The van der Waals surface area contributed by atoms with Crippen LogP contribution in [0.1, 0.15) is 50.3 Å². The topological polar surface area (TPSA) is 15.3 Å². The van der Waals surface area contributed by atoms with Gasteiger partial charge in [-0.25, -0.2) is 0 Å². The fourth-order valence-corrected chi connectivity index (χ4v) is 2.96. The Morgan fingerprint density at radius 3 is 2.40 bits per heavy atom. The monoisotopic (exact) mass is 274 g/mol. The van der Waals surface area contributed by atoms with Gasteiger partial charge in [0.05, 0.1) is 0 Å². The molecule has 1 saturated carbocycles. The molecular weight excluding hydrogens is 244 g/mol. The third-order valence-electron chi connectivity index (χ3n) is 4.56. The number of rotatable bonds is 8. The molecule has 0 spiro atoms. The molecule has 0 aromatic heterocycles. The Bertz CT molecular complexity index is 381. The molecule has 1 aliphatic rings. The van der Waals surface area contributed by atoms with Crippen LogP contribution in [0.25, 0.3) is 0 Å². The highest BCUT2D eigenvalue weighted by Crippen LogP contribution is 2.27. The standard InChI is InChI=1S/C18H30N2/c1-4-19-18(17-11-9-15(3)10-12-17)14-20(5-2)13-16-7-6-8-16/h9-12,16,18-19H,4-8,13-14H2,1-3H3. The minimum atomic E-state index is 0.459. The summed E-state index contributed by atoms with van der Waals surface area (Å²) in [5.74, 6) is 0.954. The van der Waals surface area contributed by atoms with Gasteiger partial charge in [0.2, 0.25) is 0 Å². The van der Waals surface area contributed by atoms with Crippen molar-refractivity contribution in [3.63, 3.8) is 0 Å². The van der Waals surface area contributed by atoms with Gasteiger partial charge in [-0.05, 0) is 44.3 Å². The molecule has 1 unspecified atom stereocenters. The molecule has 0 amide bonds. The molecule has 1 atom stereocenters. The Balaban J connectivity index is 1.97. The first-order chi connectivity index (χ1) is 9.72. The van der Waals surface area contributed by atoms with Crippen molar-refractivity contribution in [3.8, 4) is 0 Å². The molecule has 1 aliphatic carbocycles. The van der Waals surface area contributed by atoms with E-state index in [2.05, 4.69) is 55.3 Å². The van der Waals surface area contributed by atoms with E-state index in [1.165, 1.54) is 36.9 Å². The van der Waals surface area contributed by atoms with E-state index in [1.807, 2.05) is 0 Å². The maximum Gasteiger partial charge on any atom is 0.0449 e. The van der Waals surface area contributed by atoms with Crippen molar-refractivity contribution in [2.45, 2.75) is 46.1 Å². The van der Waals surface area contributed by atoms with Crippen LogP contribution in [0.4, 0.5) is 0 Å². The zero-order valence-corrected chi connectivity index (χ0v) is 13.4. The predicted octanol–water partition coefficient (Wildman–Crippen LogP) is 3.77. The minimum Gasteiger partial charge on any atom is -0.309 e. The Morgan fingerprint density at radius 1 is 1.20 bits per heavy atom. The molecule has 112 valence electrons. The summed E-state index contributed by atoms with van der Waals surface area (Å²) in [6.07, 6.45) is 4.32. The number of nitrogens with one attached hydrogen (secondary N) is 1. The van der Waals surface area contributed by atoms with E-state index >= 15 is 0 Å². The van der Waals surface area contributed by atoms with Crippen LogP contribution in [0.2, 0.25) is 0 Å². The summed E-state index contributed by atoms with van der Waals surface area (Å²) >= 11 is 0. The van der Waals surface area contributed by atoms with Gasteiger partial charge < -0.3 is 10.2 Å². The summed E-state index contributed by atoms with van der Waals surface area (Å²) in [6.45, 7) is 11.2. The number of nitrogens with zero attached hydrogens (tertiary/aromatic N) is 1. The fraction of sp³-hybridized carbons (Fsp3) is 0.667. The van der Waals surface area contributed by atoms with Crippen molar-refractivity contribution in [3.05, 3.63) is 35.4 Å². The Hall–Kier alpha value is -0.860. The van der Waals surface area contributed by atoms with Crippen LogP contribution in [0.3, 0.4) is 0 Å². The number of aryl methyl sites for hydroxylation is 1. The summed E-state index contributed by atoms with van der Waals surface area (Å²) < 4.78 is 0. The predicted molar refractivity (Wildman–Crippen MR) is 87.1 cm³/mol. The molecule has 0 bridgehead atoms. The van der Waals surface area contributed by atoms with Gasteiger partial charge in [0.25, 0.3) is 0 Å². The second-order valence-electron chi connectivity index (χ2n) is 6.17. The van der Waals surface area contributed by atoms with Crippen molar-refractivity contribution >= 4 is 0 Å². The first kappa shape index (κ1) is 15.5. The van der Waals surface area contributed by atoms with Crippen LogP contribution in [0.5, 0.6) is 0 Å². The molecule has 1 aromatic rings. The second-order valence-corrected chi connectivity index (χ2v) is 6.17. The molecule has 20 heavy (non-hydrogen) atoms. The Kier molecular flexibility index (Phi) is 6.06. The highest BCUT2D eigenvalue weighted by atomic mass is 15.1. The summed E-state index contributed by atoms with van der Waals surface area (Å²) in [5, 5.41) is 3.65. The summed E-state index contributed by atoms with van der Waals surface area (Å²) in [5.41, 5.74) is 2.76. The number of hydrogen-bond acceptors (Lipinski definition) is 2. The van der Waals surface area contributed by atoms with Crippen molar-refractivity contribution in [2.75, 3.05) is 26.2 Å². The maximum absolute atomic E-state index is 3.65. The smallest absolute Gasteiger partial charge is 0.0449 e. The summed E-state index contributed by atoms with van der Waals surface area (Å²) in [7, 11) is 0. The van der Waals surface area contributed by atoms with Crippen LogP contribution < -0.4 is 5.32 Å². The molecule has 0 aliphatic heterocycles. The van der Waals surface area contributed by atoms with Gasteiger partial charge in [0.1, 0.15) is 0 Å². The van der Waals surface area contributed by atoms with Gasteiger partial charge in [0.15, 0.2) is 0 Å². The van der Waals surface area contributed by atoms with Crippen molar-refractivity contribution in [2.24, 2.45) is 5.92 Å². The van der Waals surface area contributed by atoms with E-state index in [-0.39, 0.29) is 0 Å². The van der Waals surface area contributed by atoms with Crippen molar-refractivity contribution < 1.29 is 0 Å². The van der Waals surface area contributed by atoms with Gasteiger partial charge in [0, 0.05) is 19.1 Å². The largest absolute Gasteiger partial charge is 0.309 e. The molecule has 2 nitrogen and oxygen atoms in total. The summed E-state index contributed by atoms with van der Waals surface area (Å²) in [4.78, 5) is 2.62. The molecule has 2 rings (SSSR count). The molecule has 0 saturated heterocycles. The van der Waals surface area contributed by atoms with E-state index in [0.717, 1.165) is 25.6 Å². The maximum atomic E-state index is 3.65. The molecule has 0 heterocycles. The van der Waals surface area contributed by atoms with Gasteiger partial charge >= 0.3 is 0 Å². The molecular formula is C18H30N2. The summed E-state index contributed by atoms with van der Waals surface area (Å²) in [6, 6.07) is 9.46. The van der Waals surface area contributed by atoms with E-state index in [0.29, 0.717) is 6.04 Å². The Morgan fingerprint density at radius 2 is 1.90 bits per heavy atom. The van der Waals surface area contributed by atoms with E-state index in [4.69, 9.17) is 0 Å². The second kappa shape index (κ2) is 7.80. The van der Waals surface area contributed by atoms with Gasteiger partial charge in [-0.2, -0.15) is 0 Å². The number of hydrogen-bond donors (Lipinski definition) is 1. The van der Waals surface area contributed by atoms with E-state index < -0.39 is 0 Å². The van der Waals surface area contributed by atoms with Crippen molar-refractivity contribution in [1.82, 2.24) is 10.2 Å². The third-order valence-corrected chi connectivity index (χ3v) is 4.56. The zero-order chi connectivity index (χ0) is 14.4. The normalized spacial score (nSPS) is 17.2. The lowest BCUT2D eigenvalue weighted by Gasteiger charge is -2.34. The lowest BCUT2D eigenvalue weighted by atomic mass is 9.85. The van der Waals surface area contributed by atoms with E-state index in [9.17, 15) is 0 Å². The van der Waals surface area contributed by atoms with Gasteiger partial charge in [-0.1, -0.05) is 50.1 Å². The molecule has 1 N–H and O–H groups in total. The zero-order valence-electron chi connectivity index (χ0n) is 13.4. The lowest BCUT2D eigenvalue weighted by Crippen LogP contribution is -2.39. The van der Waals surface area contributed by atoms with Crippen LogP contribution in [0.15, 0.2) is 24.3 Å². The van der Waals surface area contributed by atoms with Gasteiger partial charge in [-0.15, -0.1) is 0 Å². The van der Waals surface area contributed by atoms with Crippen molar-refractivity contribution in [1.29, 1.82) is 0 Å². The number of benzene rings is 1. The quantitative estimate of drug-likeness (QED) is 0.776. The van der Waals surface area contributed by atoms with Crippen LogP contribution in [-0.4, -0.2) is 31.1 Å². The molecule has 0 radical (unpaired) electrons. The van der Waals surface area contributed by atoms with Crippen LogP contribution in [0, 0.1) is 12.8 Å². The molecule has 1 aromatic carbocycles. The fourth-order valence-electron chi connectivity index (χ4n) is 2.96. The Labute approximate surface area is 124 Å². The highest BCUT2D eigenvalue weighted by molar-refractivity contribution is 5.24. The molecule has 1 fully saturated rings. The van der Waals surface area contributed by atoms with Crippen LogP contribution in [-0.2, 0) is 0 Å². The lowest BCUT2D eigenvalue weighted by molar-refractivity contribution is 0.170. The average molecular weight is 274 g/mol. The van der Waals surface area contributed by atoms with Gasteiger partial charge in [-0.3, -0.25) is 0 Å². The first-order valence-corrected chi connectivity index (χ1v) is 8.25. The van der Waals surface area contributed by atoms with Crippen LogP contribution >= 0.6 is 0 Å². The highest BCUT2D eigenvalue weighted by Gasteiger charge is 2.22. The SMILES string of the molecule is CCNC(CN(CC)CC1CCC1)c1ccc(C)cc1. The molecule has 2 heteroatoms. The van der Waals surface area contributed by atoms with E-state index in [1.54, 1.807) is 0 Å². The third kappa shape index (κ3) is 4.32. The minimum absolute atomic E-state index is 0.459.